The Morgan fingerprint density at radius 2 is 2.11 bits per heavy atom. The van der Waals surface area contributed by atoms with Crippen LogP contribution in [0.2, 0.25) is 0 Å². The van der Waals surface area contributed by atoms with Crippen molar-refractivity contribution < 1.29 is 4.74 Å². The first-order valence-corrected chi connectivity index (χ1v) is 7.50. The van der Waals surface area contributed by atoms with Crippen LogP contribution in [0.15, 0.2) is 22.7 Å². The highest BCUT2D eigenvalue weighted by Crippen LogP contribution is 2.25. The molecule has 18 heavy (non-hydrogen) atoms. The number of nitrogens with one attached hydrogen (secondary N) is 1. The lowest BCUT2D eigenvalue weighted by atomic mass is 10.00. The van der Waals surface area contributed by atoms with Crippen LogP contribution in [0.5, 0.6) is 5.75 Å². The summed E-state index contributed by atoms with van der Waals surface area (Å²) >= 11 is 3.53. The maximum absolute atomic E-state index is 5.42. The van der Waals surface area contributed by atoms with Gasteiger partial charge in [-0.15, -0.1) is 0 Å². The van der Waals surface area contributed by atoms with Crippen LogP contribution < -0.4 is 10.1 Å². The summed E-state index contributed by atoms with van der Waals surface area (Å²) in [7, 11) is 3.78. The summed E-state index contributed by atoms with van der Waals surface area (Å²) in [5.41, 5.74) is 1.27. The van der Waals surface area contributed by atoms with Crippen molar-refractivity contribution in [2.75, 3.05) is 14.2 Å². The molecule has 0 saturated heterocycles. The van der Waals surface area contributed by atoms with Gasteiger partial charge in [-0.1, -0.05) is 42.1 Å². The fraction of sp³-hybridized carbons (Fsp3) is 0.600. The molecule has 1 atom stereocenters. The van der Waals surface area contributed by atoms with Crippen molar-refractivity contribution in [3.05, 3.63) is 28.2 Å². The summed E-state index contributed by atoms with van der Waals surface area (Å²) in [5, 5.41) is 3.41. The zero-order valence-corrected chi connectivity index (χ0v) is 13.2. The zero-order chi connectivity index (χ0) is 13.4. The van der Waals surface area contributed by atoms with E-state index >= 15 is 0 Å². The predicted molar refractivity (Wildman–Crippen MR) is 81.4 cm³/mol. The van der Waals surface area contributed by atoms with Gasteiger partial charge in [0.25, 0.3) is 0 Å². The fourth-order valence-corrected chi connectivity index (χ4v) is 2.57. The van der Waals surface area contributed by atoms with Crippen molar-refractivity contribution in [2.45, 2.75) is 45.1 Å². The minimum absolute atomic E-state index is 0.528. The topological polar surface area (TPSA) is 21.3 Å². The van der Waals surface area contributed by atoms with Gasteiger partial charge in [0.05, 0.1) is 7.11 Å². The average molecular weight is 314 g/mol. The summed E-state index contributed by atoms with van der Waals surface area (Å²) in [4.78, 5) is 0. The molecule has 1 aromatic rings. The number of benzene rings is 1. The maximum Gasteiger partial charge on any atom is 0.122 e. The summed E-state index contributed by atoms with van der Waals surface area (Å²) in [5.74, 6) is 0.981. The fourth-order valence-electron chi connectivity index (χ4n) is 2.16. The summed E-state index contributed by atoms with van der Waals surface area (Å²) in [6.45, 7) is 2.24. The van der Waals surface area contributed by atoms with Crippen LogP contribution in [-0.4, -0.2) is 20.2 Å². The van der Waals surface area contributed by atoms with Gasteiger partial charge in [-0.2, -0.15) is 0 Å². The lowest BCUT2D eigenvalue weighted by Crippen LogP contribution is -2.27. The van der Waals surface area contributed by atoms with E-state index in [0.717, 1.165) is 16.6 Å². The van der Waals surface area contributed by atoms with E-state index < -0.39 is 0 Å². The second kappa shape index (κ2) is 8.54. The van der Waals surface area contributed by atoms with Crippen molar-refractivity contribution >= 4 is 15.9 Å². The summed E-state index contributed by atoms with van der Waals surface area (Å²) < 4.78 is 6.54. The second-order valence-corrected chi connectivity index (χ2v) is 5.56. The van der Waals surface area contributed by atoms with E-state index in [1.54, 1.807) is 7.11 Å². The predicted octanol–water partition coefficient (Wildman–Crippen LogP) is 4.17. The van der Waals surface area contributed by atoms with E-state index in [4.69, 9.17) is 4.74 Å². The molecular formula is C15H24BrNO. The Morgan fingerprint density at radius 1 is 1.33 bits per heavy atom. The van der Waals surface area contributed by atoms with E-state index in [1.165, 1.54) is 31.2 Å². The van der Waals surface area contributed by atoms with Crippen molar-refractivity contribution in [3.63, 3.8) is 0 Å². The number of halogens is 1. The first-order valence-electron chi connectivity index (χ1n) is 6.71. The van der Waals surface area contributed by atoms with Crippen molar-refractivity contribution in [2.24, 2.45) is 0 Å². The molecule has 0 aromatic heterocycles. The van der Waals surface area contributed by atoms with Crippen LogP contribution in [0.1, 0.15) is 38.2 Å². The largest absolute Gasteiger partial charge is 0.496 e. The Balaban J connectivity index is 2.65. The Bertz CT molecular complexity index is 354. The standard InChI is InChI=1S/C15H24BrNO/c1-4-5-6-7-14(17-2)11-12-10-13(16)8-9-15(12)18-3/h8-10,14,17H,4-7,11H2,1-3H3. The molecule has 2 nitrogen and oxygen atoms in total. The molecule has 0 fully saturated rings. The smallest absolute Gasteiger partial charge is 0.122 e. The molecule has 1 aromatic carbocycles. The number of unbranched alkanes of at least 4 members (excludes halogenated alkanes) is 2. The Morgan fingerprint density at radius 3 is 2.72 bits per heavy atom. The molecule has 0 amide bonds. The number of methoxy groups -OCH3 is 1. The first kappa shape index (κ1) is 15.5. The number of ether oxygens (including phenoxy) is 1. The number of rotatable bonds is 8. The third kappa shape index (κ3) is 4.99. The molecule has 0 aliphatic rings. The van der Waals surface area contributed by atoms with Gasteiger partial charge in [-0.05, 0) is 43.7 Å². The van der Waals surface area contributed by atoms with Crippen LogP contribution in [0.4, 0.5) is 0 Å². The van der Waals surface area contributed by atoms with E-state index in [0.29, 0.717) is 6.04 Å². The normalized spacial score (nSPS) is 12.4. The molecule has 1 unspecified atom stereocenters. The van der Waals surface area contributed by atoms with Gasteiger partial charge in [0.2, 0.25) is 0 Å². The van der Waals surface area contributed by atoms with Crippen LogP contribution >= 0.6 is 15.9 Å². The number of likely N-dealkylation sites (N-methyl/N-ethyl adjacent to an activating group) is 1. The molecule has 1 rings (SSSR count). The molecule has 0 spiro atoms. The minimum atomic E-state index is 0.528. The third-order valence-corrected chi connectivity index (χ3v) is 3.77. The zero-order valence-electron chi connectivity index (χ0n) is 11.6. The van der Waals surface area contributed by atoms with Crippen molar-refractivity contribution in [1.29, 1.82) is 0 Å². The molecule has 102 valence electrons. The van der Waals surface area contributed by atoms with Gasteiger partial charge >= 0.3 is 0 Å². The molecule has 0 bridgehead atoms. The molecule has 3 heteroatoms. The van der Waals surface area contributed by atoms with Crippen molar-refractivity contribution in [3.8, 4) is 5.75 Å². The van der Waals surface area contributed by atoms with Gasteiger partial charge in [0.15, 0.2) is 0 Å². The quantitative estimate of drug-likeness (QED) is 0.727. The van der Waals surface area contributed by atoms with Gasteiger partial charge in [-0.3, -0.25) is 0 Å². The Labute approximate surface area is 119 Å². The monoisotopic (exact) mass is 313 g/mol. The van der Waals surface area contributed by atoms with Crippen LogP contribution in [-0.2, 0) is 6.42 Å². The molecule has 0 saturated carbocycles. The third-order valence-electron chi connectivity index (χ3n) is 3.27. The second-order valence-electron chi connectivity index (χ2n) is 4.64. The molecule has 0 heterocycles. The first-order chi connectivity index (χ1) is 8.71. The summed E-state index contributed by atoms with van der Waals surface area (Å²) in [6, 6.07) is 6.73. The Kier molecular flexibility index (Phi) is 7.36. The van der Waals surface area contributed by atoms with E-state index in [2.05, 4.69) is 34.2 Å². The molecular weight excluding hydrogens is 290 g/mol. The highest BCUT2D eigenvalue weighted by molar-refractivity contribution is 9.10. The Hall–Kier alpha value is -0.540. The van der Waals surface area contributed by atoms with E-state index in [1.807, 2.05) is 19.2 Å². The molecule has 0 aliphatic carbocycles. The highest BCUT2D eigenvalue weighted by Gasteiger charge is 2.11. The SMILES string of the molecule is CCCCCC(Cc1cc(Br)ccc1OC)NC. The van der Waals surface area contributed by atoms with Gasteiger partial charge < -0.3 is 10.1 Å². The molecule has 1 N–H and O–H groups in total. The molecule has 0 aliphatic heterocycles. The van der Waals surface area contributed by atoms with Crippen molar-refractivity contribution in [1.82, 2.24) is 5.32 Å². The number of hydrogen-bond donors (Lipinski definition) is 1. The average Bonchev–Trinajstić information content (AvgIpc) is 2.38. The maximum atomic E-state index is 5.42. The van der Waals surface area contributed by atoms with Gasteiger partial charge in [0, 0.05) is 10.5 Å². The highest BCUT2D eigenvalue weighted by atomic mass is 79.9. The summed E-state index contributed by atoms with van der Waals surface area (Å²) in [6.07, 6.45) is 6.12. The van der Waals surface area contributed by atoms with Crippen LogP contribution in [0.25, 0.3) is 0 Å². The lowest BCUT2D eigenvalue weighted by molar-refractivity contribution is 0.403. The van der Waals surface area contributed by atoms with Gasteiger partial charge in [0.1, 0.15) is 5.75 Å². The van der Waals surface area contributed by atoms with E-state index in [9.17, 15) is 0 Å². The van der Waals surface area contributed by atoms with E-state index in [-0.39, 0.29) is 0 Å². The molecule has 0 radical (unpaired) electrons. The number of hydrogen-bond acceptors (Lipinski definition) is 2. The van der Waals surface area contributed by atoms with Crippen LogP contribution in [0.3, 0.4) is 0 Å². The van der Waals surface area contributed by atoms with Gasteiger partial charge in [-0.25, -0.2) is 0 Å². The van der Waals surface area contributed by atoms with Crippen LogP contribution in [0, 0.1) is 0 Å². The minimum Gasteiger partial charge on any atom is -0.496 e. The lowest BCUT2D eigenvalue weighted by Gasteiger charge is -2.18.